The number of nitrogens with one attached hydrogen (secondary N) is 1. The molecule has 0 saturated carbocycles. The van der Waals surface area contributed by atoms with Crippen molar-refractivity contribution in [3.8, 4) is 0 Å². The number of hydrogen-bond donors (Lipinski definition) is 1. The van der Waals surface area contributed by atoms with Crippen molar-refractivity contribution in [1.29, 1.82) is 0 Å². The Morgan fingerprint density at radius 3 is 3.05 bits per heavy atom. The van der Waals surface area contributed by atoms with Crippen LogP contribution in [0.1, 0.15) is 39.0 Å². The highest BCUT2D eigenvalue weighted by Crippen LogP contribution is 2.22. The summed E-state index contributed by atoms with van der Waals surface area (Å²) in [7, 11) is 2.22. The van der Waals surface area contributed by atoms with E-state index in [1.165, 1.54) is 32.2 Å². The summed E-state index contributed by atoms with van der Waals surface area (Å²) in [5, 5.41) is 7.49. The van der Waals surface area contributed by atoms with E-state index in [0.717, 1.165) is 23.9 Å². The third-order valence-corrected chi connectivity index (χ3v) is 4.78. The van der Waals surface area contributed by atoms with E-state index in [-0.39, 0.29) is 5.69 Å². The molecule has 0 amide bonds. The molecule has 0 aliphatic carbocycles. The van der Waals surface area contributed by atoms with Gasteiger partial charge in [-0.2, -0.15) is 0 Å². The monoisotopic (exact) mass is 284 g/mol. The van der Waals surface area contributed by atoms with Crippen molar-refractivity contribution in [3.05, 3.63) is 10.5 Å². The van der Waals surface area contributed by atoms with E-state index in [2.05, 4.69) is 29.1 Å². The molecular formula is C13H24N4OS. The van der Waals surface area contributed by atoms with Gasteiger partial charge in [0, 0.05) is 18.3 Å². The number of likely N-dealkylation sites (tertiary alicyclic amines) is 1. The summed E-state index contributed by atoms with van der Waals surface area (Å²) in [4.78, 5) is 14.0. The van der Waals surface area contributed by atoms with Crippen molar-refractivity contribution >= 4 is 11.8 Å². The van der Waals surface area contributed by atoms with Gasteiger partial charge in [-0.15, -0.1) is 5.10 Å². The summed E-state index contributed by atoms with van der Waals surface area (Å²) in [5.74, 6) is 1.03. The van der Waals surface area contributed by atoms with E-state index in [0.29, 0.717) is 6.04 Å². The van der Waals surface area contributed by atoms with Gasteiger partial charge in [0.2, 0.25) is 0 Å². The van der Waals surface area contributed by atoms with Crippen LogP contribution in [-0.2, 0) is 6.54 Å². The quantitative estimate of drug-likeness (QED) is 0.811. The highest BCUT2D eigenvalue weighted by Gasteiger charge is 2.18. The molecule has 1 aromatic heterocycles. The van der Waals surface area contributed by atoms with Gasteiger partial charge in [0.1, 0.15) is 0 Å². The van der Waals surface area contributed by atoms with E-state index in [9.17, 15) is 4.79 Å². The predicted molar refractivity (Wildman–Crippen MR) is 78.7 cm³/mol. The first kappa shape index (κ1) is 14.7. The van der Waals surface area contributed by atoms with Gasteiger partial charge < -0.3 is 4.90 Å². The van der Waals surface area contributed by atoms with E-state index in [1.54, 1.807) is 16.3 Å². The predicted octanol–water partition coefficient (Wildman–Crippen LogP) is 1.95. The first-order chi connectivity index (χ1) is 9.22. The second-order valence-electron chi connectivity index (χ2n) is 5.23. The SMILES string of the molecule is CCCn1c(SCCC2CCCCN2C)n[nH]c1=O. The number of aromatic amines is 1. The Balaban J connectivity index is 1.83. The average Bonchev–Trinajstić information content (AvgIpc) is 2.74. The molecule has 1 saturated heterocycles. The lowest BCUT2D eigenvalue weighted by atomic mass is 10.0. The number of H-pyrrole nitrogens is 1. The summed E-state index contributed by atoms with van der Waals surface area (Å²) in [6.45, 7) is 4.05. The van der Waals surface area contributed by atoms with Crippen molar-refractivity contribution in [2.75, 3.05) is 19.3 Å². The third-order valence-electron chi connectivity index (χ3n) is 3.77. The lowest BCUT2D eigenvalue weighted by molar-refractivity contribution is 0.182. The fraction of sp³-hybridized carbons (Fsp3) is 0.846. The lowest BCUT2D eigenvalue weighted by Gasteiger charge is -2.32. The van der Waals surface area contributed by atoms with Gasteiger partial charge in [0.05, 0.1) is 0 Å². The number of hydrogen-bond acceptors (Lipinski definition) is 4. The molecule has 0 aromatic carbocycles. The molecule has 1 aliphatic heterocycles. The zero-order valence-corrected chi connectivity index (χ0v) is 12.7. The van der Waals surface area contributed by atoms with Gasteiger partial charge in [0.15, 0.2) is 5.16 Å². The van der Waals surface area contributed by atoms with Crippen molar-refractivity contribution in [3.63, 3.8) is 0 Å². The molecule has 1 fully saturated rings. The molecule has 1 atom stereocenters. The minimum absolute atomic E-state index is 0.0841. The molecule has 0 radical (unpaired) electrons. The van der Waals surface area contributed by atoms with Crippen molar-refractivity contribution in [2.24, 2.45) is 0 Å². The molecule has 1 unspecified atom stereocenters. The van der Waals surface area contributed by atoms with Crippen LogP contribution in [0.2, 0.25) is 0 Å². The van der Waals surface area contributed by atoms with Gasteiger partial charge >= 0.3 is 5.69 Å². The normalized spacial score (nSPS) is 20.8. The molecule has 0 spiro atoms. The standard InChI is InChI=1S/C13H24N4OS/c1-3-8-17-12(18)14-15-13(17)19-10-7-11-6-4-5-9-16(11)2/h11H,3-10H2,1-2H3,(H,14,18). The van der Waals surface area contributed by atoms with E-state index >= 15 is 0 Å². The molecule has 5 nitrogen and oxygen atoms in total. The van der Waals surface area contributed by atoms with Crippen molar-refractivity contribution in [2.45, 2.75) is 56.8 Å². The number of piperidine rings is 1. The second-order valence-corrected chi connectivity index (χ2v) is 6.29. The summed E-state index contributed by atoms with van der Waals surface area (Å²) >= 11 is 1.70. The highest BCUT2D eigenvalue weighted by atomic mass is 32.2. The molecule has 0 bridgehead atoms. The van der Waals surface area contributed by atoms with Crippen LogP contribution in [0.5, 0.6) is 0 Å². The smallest absolute Gasteiger partial charge is 0.303 e. The molecule has 2 rings (SSSR count). The molecule has 19 heavy (non-hydrogen) atoms. The Morgan fingerprint density at radius 2 is 2.32 bits per heavy atom. The fourth-order valence-electron chi connectivity index (χ4n) is 2.63. The minimum Gasteiger partial charge on any atom is -0.303 e. The van der Waals surface area contributed by atoms with Crippen LogP contribution in [0.4, 0.5) is 0 Å². The zero-order chi connectivity index (χ0) is 13.7. The summed E-state index contributed by atoms with van der Waals surface area (Å²) in [6.07, 6.45) is 6.12. The maximum atomic E-state index is 11.6. The third kappa shape index (κ3) is 3.86. The van der Waals surface area contributed by atoms with Gasteiger partial charge in [-0.25, -0.2) is 9.89 Å². The van der Waals surface area contributed by atoms with Gasteiger partial charge in [-0.05, 0) is 39.3 Å². The molecule has 1 aliphatic rings. The second kappa shape index (κ2) is 7.14. The molecule has 2 heterocycles. The van der Waals surface area contributed by atoms with Crippen LogP contribution in [0, 0.1) is 0 Å². The maximum absolute atomic E-state index is 11.6. The zero-order valence-electron chi connectivity index (χ0n) is 11.9. The Hall–Kier alpha value is -0.750. The summed E-state index contributed by atoms with van der Waals surface area (Å²) in [6, 6.07) is 0.700. The van der Waals surface area contributed by atoms with Crippen LogP contribution in [0.15, 0.2) is 9.95 Å². The van der Waals surface area contributed by atoms with E-state index in [4.69, 9.17) is 0 Å². The minimum atomic E-state index is -0.0841. The molecule has 6 heteroatoms. The van der Waals surface area contributed by atoms with Crippen LogP contribution in [0.3, 0.4) is 0 Å². The number of aromatic nitrogens is 3. The van der Waals surface area contributed by atoms with Crippen LogP contribution < -0.4 is 5.69 Å². The Labute approximate surface area is 118 Å². The first-order valence-electron chi connectivity index (χ1n) is 7.20. The largest absolute Gasteiger partial charge is 0.343 e. The van der Waals surface area contributed by atoms with E-state index < -0.39 is 0 Å². The number of rotatable bonds is 6. The van der Waals surface area contributed by atoms with Gasteiger partial charge in [0.25, 0.3) is 0 Å². The van der Waals surface area contributed by atoms with Gasteiger partial charge in [-0.3, -0.25) is 4.57 Å². The number of thioether (sulfide) groups is 1. The molecule has 1 aromatic rings. The lowest BCUT2D eigenvalue weighted by Crippen LogP contribution is -2.36. The summed E-state index contributed by atoms with van der Waals surface area (Å²) < 4.78 is 1.75. The fourth-order valence-corrected chi connectivity index (χ4v) is 3.64. The molecule has 1 N–H and O–H groups in total. The Kier molecular flexibility index (Phi) is 5.51. The van der Waals surface area contributed by atoms with Crippen LogP contribution in [-0.4, -0.2) is 45.1 Å². The highest BCUT2D eigenvalue weighted by molar-refractivity contribution is 7.99. The first-order valence-corrected chi connectivity index (χ1v) is 8.19. The molecule has 108 valence electrons. The van der Waals surface area contributed by atoms with E-state index in [1.807, 2.05) is 0 Å². The van der Waals surface area contributed by atoms with Crippen molar-refractivity contribution < 1.29 is 0 Å². The Bertz CT molecular complexity index is 442. The average molecular weight is 284 g/mol. The molecular weight excluding hydrogens is 260 g/mol. The van der Waals surface area contributed by atoms with Crippen LogP contribution >= 0.6 is 11.8 Å². The van der Waals surface area contributed by atoms with Crippen LogP contribution in [0.25, 0.3) is 0 Å². The van der Waals surface area contributed by atoms with Gasteiger partial charge in [-0.1, -0.05) is 25.1 Å². The maximum Gasteiger partial charge on any atom is 0.343 e. The Morgan fingerprint density at radius 1 is 1.47 bits per heavy atom. The number of nitrogens with zero attached hydrogens (tertiary/aromatic N) is 3. The summed E-state index contributed by atoms with van der Waals surface area (Å²) in [5.41, 5.74) is -0.0841. The topological polar surface area (TPSA) is 53.9 Å². The van der Waals surface area contributed by atoms with Crippen molar-refractivity contribution in [1.82, 2.24) is 19.7 Å².